The Morgan fingerprint density at radius 3 is 2.91 bits per heavy atom. The number of amides is 2. The average molecular weight is 458 g/mol. The number of carbonyl (C=O) groups is 2. The summed E-state index contributed by atoms with van der Waals surface area (Å²) >= 11 is 0. The predicted octanol–water partition coefficient (Wildman–Crippen LogP) is 2.82. The fraction of sp³-hybridized carbons (Fsp3) is 0.333. The number of nitrogens with zero attached hydrogens (tertiary/aromatic N) is 1. The van der Waals surface area contributed by atoms with Crippen molar-refractivity contribution in [3.05, 3.63) is 78.0 Å². The molecule has 2 amide bonds. The smallest absolute Gasteiger partial charge is 0.230 e. The summed E-state index contributed by atoms with van der Waals surface area (Å²) in [4.78, 5) is 31.9. The fourth-order valence-electron chi connectivity index (χ4n) is 5.81. The minimum Gasteiger partial charge on any atom is -0.496 e. The highest BCUT2D eigenvalue weighted by atomic mass is 16.5. The molecule has 3 aliphatic heterocycles. The fourth-order valence-corrected chi connectivity index (χ4v) is 5.81. The second-order valence-electron chi connectivity index (χ2n) is 9.30. The van der Waals surface area contributed by atoms with Gasteiger partial charge in [0.15, 0.2) is 0 Å². The van der Waals surface area contributed by atoms with E-state index in [0.717, 1.165) is 23.3 Å². The van der Waals surface area contributed by atoms with Gasteiger partial charge in [-0.2, -0.15) is 0 Å². The van der Waals surface area contributed by atoms with Crippen LogP contribution in [0, 0.1) is 11.8 Å². The van der Waals surface area contributed by atoms with Gasteiger partial charge in [-0.3, -0.25) is 9.59 Å². The molecule has 0 radical (unpaired) electrons. The van der Waals surface area contributed by atoms with Gasteiger partial charge in [0.1, 0.15) is 11.4 Å². The lowest BCUT2D eigenvalue weighted by molar-refractivity contribution is -0.137. The van der Waals surface area contributed by atoms with Crippen molar-refractivity contribution in [2.24, 2.45) is 11.8 Å². The lowest BCUT2D eigenvalue weighted by Gasteiger charge is -2.23. The van der Waals surface area contributed by atoms with Gasteiger partial charge in [0.25, 0.3) is 0 Å². The maximum Gasteiger partial charge on any atom is 0.230 e. The quantitative estimate of drug-likeness (QED) is 0.535. The van der Waals surface area contributed by atoms with Gasteiger partial charge in [0.05, 0.1) is 31.6 Å². The molecule has 0 unspecified atom stereocenters. The number of carbonyl (C=O) groups excluding carboxylic acids is 2. The number of fused-ring (bicyclic) bond motifs is 2. The van der Waals surface area contributed by atoms with E-state index in [4.69, 9.17) is 9.47 Å². The summed E-state index contributed by atoms with van der Waals surface area (Å²) in [6.07, 6.45) is 6.34. The molecular formula is C27H27N3O4. The molecule has 2 aromatic carbocycles. The van der Waals surface area contributed by atoms with E-state index in [-0.39, 0.29) is 17.9 Å². The van der Waals surface area contributed by atoms with E-state index in [9.17, 15) is 9.59 Å². The van der Waals surface area contributed by atoms with Crippen LogP contribution in [0.1, 0.15) is 11.1 Å². The van der Waals surface area contributed by atoms with Gasteiger partial charge in [-0.1, -0.05) is 48.6 Å². The molecule has 4 atom stereocenters. The zero-order valence-corrected chi connectivity index (χ0v) is 19.0. The van der Waals surface area contributed by atoms with Crippen molar-refractivity contribution in [3.63, 3.8) is 0 Å². The van der Waals surface area contributed by atoms with Gasteiger partial charge in [0, 0.05) is 35.8 Å². The van der Waals surface area contributed by atoms with Gasteiger partial charge in [-0.25, -0.2) is 0 Å². The summed E-state index contributed by atoms with van der Waals surface area (Å²) in [5.41, 5.74) is 2.47. The van der Waals surface area contributed by atoms with E-state index < -0.39 is 17.4 Å². The third-order valence-electron chi connectivity index (χ3n) is 7.45. The number of benzene rings is 2. The zero-order chi connectivity index (χ0) is 23.3. The number of ether oxygens (including phenoxy) is 2. The first-order valence-corrected chi connectivity index (χ1v) is 11.7. The van der Waals surface area contributed by atoms with Crippen LogP contribution < -0.4 is 10.1 Å². The number of hydrogen-bond donors (Lipinski definition) is 2. The van der Waals surface area contributed by atoms with Crippen molar-refractivity contribution < 1.29 is 19.1 Å². The second kappa shape index (κ2) is 8.02. The van der Waals surface area contributed by atoms with Gasteiger partial charge < -0.3 is 24.7 Å². The molecule has 34 heavy (non-hydrogen) atoms. The molecule has 1 aromatic heterocycles. The number of H-pyrrole nitrogens is 1. The Labute approximate surface area is 197 Å². The number of aromatic amines is 1. The molecule has 2 fully saturated rings. The molecular weight excluding hydrogens is 430 g/mol. The van der Waals surface area contributed by atoms with Crippen LogP contribution in [-0.4, -0.2) is 53.6 Å². The minimum atomic E-state index is -0.700. The molecule has 2 bridgehead atoms. The van der Waals surface area contributed by atoms with E-state index in [2.05, 4.69) is 22.4 Å². The Morgan fingerprint density at radius 2 is 2.03 bits per heavy atom. The lowest BCUT2D eigenvalue weighted by Crippen LogP contribution is -2.44. The maximum atomic E-state index is 13.5. The third-order valence-corrected chi connectivity index (χ3v) is 7.45. The molecule has 4 heterocycles. The van der Waals surface area contributed by atoms with Gasteiger partial charge in [0.2, 0.25) is 11.8 Å². The Balaban J connectivity index is 1.16. The van der Waals surface area contributed by atoms with Crippen molar-refractivity contribution in [3.8, 4) is 5.75 Å². The Morgan fingerprint density at radius 1 is 1.21 bits per heavy atom. The van der Waals surface area contributed by atoms with Crippen molar-refractivity contribution in [1.82, 2.24) is 15.2 Å². The molecule has 2 saturated heterocycles. The highest BCUT2D eigenvalue weighted by Gasteiger charge is 2.66. The van der Waals surface area contributed by atoms with Crippen molar-refractivity contribution in [1.29, 1.82) is 0 Å². The molecule has 0 saturated carbocycles. The first-order chi connectivity index (χ1) is 16.6. The Kier molecular flexibility index (Phi) is 4.95. The van der Waals surface area contributed by atoms with Crippen LogP contribution in [0.2, 0.25) is 0 Å². The second-order valence-corrected chi connectivity index (χ2v) is 9.30. The number of likely N-dealkylation sites (tertiary alicyclic amines) is 1. The summed E-state index contributed by atoms with van der Waals surface area (Å²) in [7, 11) is 1.61. The van der Waals surface area contributed by atoms with E-state index in [1.807, 2.05) is 59.6 Å². The van der Waals surface area contributed by atoms with Crippen LogP contribution >= 0.6 is 0 Å². The van der Waals surface area contributed by atoms with E-state index in [0.29, 0.717) is 19.6 Å². The predicted molar refractivity (Wildman–Crippen MR) is 127 cm³/mol. The first kappa shape index (κ1) is 21.0. The summed E-state index contributed by atoms with van der Waals surface area (Å²) in [5.74, 6) is -0.430. The van der Waals surface area contributed by atoms with Crippen molar-refractivity contribution >= 4 is 22.7 Å². The van der Waals surface area contributed by atoms with Gasteiger partial charge in [-0.05, 0) is 24.1 Å². The van der Waals surface area contributed by atoms with Crippen LogP contribution in [0.15, 0.2) is 66.9 Å². The number of para-hydroxylation sites is 2. The highest BCUT2D eigenvalue weighted by molar-refractivity contribution is 5.93. The number of aromatic nitrogens is 1. The van der Waals surface area contributed by atoms with E-state index in [1.165, 1.54) is 10.9 Å². The van der Waals surface area contributed by atoms with Crippen molar-refractivity contribution in [2.75, 3.05) is 20.2 Å². The molecule has 1 spiro atoms. The summed E-state index contributed by atoms with van der Waals surface area (Å²) in [6, 6.07) is 15.8. The molecule has 7 nitrogen and oxygen atoms in total. The molecule has 3 aromatic rings. The Hall–Kier alpha value is -3.58. The SMILES string of the molecule is COc1ccccc1CNC(=O)[C@H]1[C@H]2C(=O)N(CCc3c[nH]c4ccccc34)C[C@@]23C=C[C@H]1O3. The first-order valence-electron chi connectivity index (χ1n) is 11.7. The maximum absolute atomic E-state index is 13.5. The summed E-state index contributed by atoms with van der Waals surface area (Å²) in [6.45, 7) is 1.42. The topological polar surface area (TPSA) is 83.7 Å². The summed E-state index contributed by atoms with van der Waals surface area (Å²) < 4.78 is 11.6. The Bertz CT molecular complexity index is 1300. The zero-order valence-electron chi connectivity index (χ0n) is 19.0. The van der Waals surface area contributed by atoms with Crippen molar-refractivity contribution in [2.45, 2.75) is 24.7 Å². The normalized spacial score (nSPS) is 26.9. The van der Waals surface area contributed by atoms with Crippen LogP contribution in [0.5, 0.6) is 5.75 Å². The van der Waals surface area contributed by atoms with E-state index >= 15 is 0 Å². The van der Waals surface area contributed by atoms with Crippen LogP contribution in [0.3, 0.4) is 0 Å². The molecule has 174 valence electrons. The number of nitrogens with one attached hydrogen (secondary N) is 2. The van der Waals surface area contributed by atoms with Crippen LogP contribution in [-0.2, 0) is 27.3 Å². The average Bonchev–Trinajstić information content (AvgIpc) is 3.61. The minimum absolute atomic E-state index is 0.00383. The third kappa shape index (κ3) is 3.22. The number of rotatable bonds is 7. The standard InChI is InChI=1S/C27H27N3O4/c1-33-21-9-5-2-6-18(21)15-29-25(31)23-22-10-12-27(34-22)16-30(26(32)24(23)27)13-11-17-14-28-20-8-4-3-7-19(17)20/h2-10,12,14,22-24,28H,11,13,15-16H2,1H3,(H,29,31)/t22-,23-,24+,27+/m1/s1. The van der Waals surface area contributed by atoms with Crippen LogP contribution in [0.4, 0.5) is 0 Å². The monoisotopic (exact) mass is 457 g/mol. The molecule has 3 aliphatic rings. The molecule has 7 heteroatoms. The number of hydrogen-bond acceptors (Lipinski definition) is 4. The van der Waals surface area contributed by atoms with Gasteiger partial charge in [-0.15, -0.1) is 0 Å². The molecule has 6 rings (SSSR count). The van der Waals surface area contributed by atoms with Crippen LogP contribution in [0.25, 0.3) is 10.9 Å². The molecule has 2 N–H and O–H groups in total. The molecule has 0 aliphatic carbocycles. The van der Waals surface area contributed by atoms with E-state index in [1.54, 1.807) is 7.11 Å². The summed E-state index contributed by atoms with van der Waals surface area (Å²) in [5, 5.41) is 4.19. The number of methoxy groups -OCH3 is 1. The lowest BCUT2D eigenvalue weighted by atomic mass is 9.77. The highest BCUT2D eigenvalue weighted by Crippen LogP contribution is 2.51. The van der Waals surface area contributed by atoms with Gasteiger partial charge >= 0.3 is 0 Å². The largest absolute Gasteiger partial charge is 0.496 e.